The van der Waals surface area contributed by atoms with E-state index in [1.807, 2.05) is 0 Å². The maximum Gasteiger partial charge on any atom is 0.508 e. The van der Waals surface area contributed by atoms with Crippen LogP contribution >= 0.6 is 0 Å². The fourth-order valence-corrected chi connectivity index (χ4v) is 2.75. The Balaban J connectivity index is 1.75. The fraction of sp³-hybridized carbons (Fsp3) is 0.778. The summed E-state index contributed by atoms with van der Waals surface area (Å²) in [6, 6.07) is 0. The van der Waals surface area contributed by atoms with Crippen LogP contribution in [0.25, 0.3) is 0 Å². The molecule has 0 aromatic heterocycles. The smallest absolute Gasteiger partial charge is 0.434 e. The number of rotatable bonds is 5. The molecule has 2 fully saturated rings. The van der Waals surface area contributed by atoms with Crippen LogP contribution in [0.2, 0.25) is 0 Å². The van der Waals surface area contributed by atoms with Crippen molar-refractivity contribution in [2.45, 2.75) is 6.10 Å². The molecule has 19 heavy (non-hydrogen) atoms. The molecule has 1 unspecified atom stereocenters. The van der Waals surface area contributed by atoms with E-state index in [1.165, 1.54) is 0 Å². The van der Waals surface area contributed by atoms with Gasteiger partial charge in [0.2, 0.25) is 0 Å². The highest BCUT2D eigenvalue weighted by molar-refractivity contribution is 7.86. The lowest BCUT2D eigenvalue weighted by atomic mass is 10.2. The van der Waals surface area contributed by atoms with E-state index >= 15 is 0 Å². The number of hydrogen-bond donors (Lipinski definition) is 0. The molecule has 0 aliphatic carbocycles. The van der Waals surface area contributed by atoms with Gasteiger partial charge in [0.1, 0.15) is 26.4 Å². The van der Waals surface area contributed by atoms with Gasteiger partial charge >= 0.3 is 12.3 Å². The summed E-state index contributed by atoms with van der Waals surface area (Å²) in [5.74, 6) is -0.827. The van der Waals surface area contributed by atoms with Crippen LogP contribution in [0.15, 0.2) is 0 Å². The molecule has 2 rings (SSSR count). The first-order valence-electron chi connectivity index (χ1n) is 5.45. The minimum Gasteiger partial charge on any atom is -0.434 e. The van der Waals surface area contributed by atoms with Crippen LogP contribution < -0.4 is 0 Å². The summed E-state index contributed by atoms with van der Waals surface area (Å²) in [7, 11) is -3.82. The van der Waals surface area contributed by atoms with Gasteiger partial charge in [0.05, 0.1) is 5.75 Å². The van der Waals surface area contributed by atoms with Gasteiger partial charge in [0.15, 0.2) is 6.10 Å². The number of ether oxygens (including phenoxy) is 4. The first-order chi connectivity index (χ1) is 8.94. The van der Waals surface area contributed by atoms with E-state index in [0.29, 0.717) is 0 Å². The molecular weight excluding hydrogens is 284 g/mol. The van der Waals surface area contributed by atoms with Crippen molar-refractivity contribution in [3.63, 3.8) is 0 Å². The molecule has 2 aliphatic rings. The van der Waals surface area contributed by atoms with Crippen molar-refractivity contribution in [1.82, 2.24) is 0 Å². The largest absolute Gasteiger partial charge is 0.508 e. The van der Waals surface area contributed by atoms with Crippen molar-refractivity contribution in [2.24, 2.45) is 5.92 Å². The Morgan fingerprint density at radius 3 is 2.26 bits per heavy atom. The van der Waals surface area contributed by atoms with E-state index < -0.39 is 34.5 Å². The van der Waals surface area contributed by atoms with Gasteiger partial charge in [-0.3, -0.25) is 4.18 Å². The summed E-state index contributed by atoms with van der Waals surface area (Å²) < 4.78 is 46.2. The van der Waals surface area contributed by atoms with Gasteiger partial charge < -0.3 is 18.9 Å². The van der Waals surface area contributed by atoms with Crippen LogP contribution in [0.1, 0.15) is 0 Å². The molecule has 0 aromatic carbocycles. The van der Waals surface area contributed by atoms with E-state index in [1.54, 1.807) is 0 Å². The molecule has 2 aliphatic heterocycles. The Labute approximate surface area is 108 Å². The molecule has 9 nitrogen and oxygen atoms in total. The number of cyclic esters (lactones) is 4. The molecule has 0 bridgehead atoms. The third kappa shape index (κ3) is 4.24. The second-order valence-electron chi connectivity index (χ2n) is 4.05. The highest BCUT2D eigenvalue weighted by Gasteiger charge is 2.30. The van der Waals surface area contributed by atoms with Crippen LogP contribution in [0, 0.1) is 5.92 Å². The van der Waals surface area contributed by atoms with E-state index in [0.717, 1.165) is 0 Å². The van der Waals surface area contributed by atoms with E-state index in [2.05, 4.69) is 18.9 Å². The number of carbonyl (C=O) groups is 2. The van der Waals surface area contributed by atoms with Crippen molar-refractivity contribution in [1.29, 1.82) is 0 Å². The third-order valence-electron chi connectivity index (χ3n) is 2.40. The third-order valence-corrected chi connectivity index (χ3v) is 3.77. The summed E-state index contributed by atoms with van der Waals surface area (Å²) in [6.45, 7) is -0.425. The molecular formula is C9H12O9S. The quantitative estimate of drug-likeness (QED) is 0.496. The molecule has 10 heteroatoms. The van der Waals surface area contributed by atoms with Crippen LogP contribution in [-0.2, 0) is 33.2 Å². The van der Waals surface area contributed by atoms with Crippen LogP contribution in [0.5, 0.6) is 0 Å². The highest BCUT2D eigenvalue weighted by Crippen LogP contribution is 2.13. The minimum absolute atomic E-state index is 0.0387. The van der Waals surface area contributed by atoms with Gasteiger partial charge in [0, 0.05) is 5.92 Å². The van der Waals surface area contributed by atoms with Crippen molar-refractivity contribution >= 4 is 22.4 Å². The first kappa shape index (κ1) is 13.9. The van der Waals surface area contributed by atoms with Crippen molar-refractivity contribution in [3.8, 4) is 0 Å². The average Bonchev–Trinajstić information content (AvgIpc) is 2.76. The molecule has 0 radical (unpaired) electrons. The summed E-state index contributed by atoms with van der Waals surface area (Å²) >= 11 is 0. The minimum atomic E-state index is -3.82. The van der Waals surface area contributed by atoms with Gasteiger partial charge in [-0.15, -0.1) is 0 Å². The summed E-state index contributed by atoms with van der Waals surface area (Å²) in [5, 5.41) is 0. The zero-order valence-electron chi connectivity index (χ0n) is 9.77. The molecule has 1 atom stereocenters. The Kier molecular flexibility index (Phi) is 4.10. The first-order valence-corrected chi connectivity index (χ1v) is 7.02. The van der Waals surface area contributed by atoms with Gasteiger partial charge in [-0.2, -0.15) is 8.42 Å². The standard InChI is InChI=1S/C9H12O9S/c10-8-14-1-6(2-15-8)5-19(12,13)17-4-7-3-16-9(11)18-7/h6-7H,1-5H2. The van der Waals surface area contributed by atoms with E-state index in [-0.39, 0.29) is 32.2 Å². The second-order valence-corrected chi connectivity index (χ2v) is 5.73. The highest BCUT2D eigenvalue weighted by atomic mass is 32.2. The van der Waals surface area contributed by atoms with Gasteiger partial charge in [-0.05, 0) is 0 Å². The maximum atomic E-state index is 11.6. The zero-order valence-corrected chi connectivity index (χ0v) is 10.6. The van der Waals surface area contributed by atoms with Crippen LogP contribution in [-0.4, -0.2) is 59.0 Å². The molecule has 2 heterocycles. The Morgan fingerprint density at radius 2 is 1.68 bits per heavy atom. The predicted octanol–water partition coefficient (Wildman–Crippen LogP) is -0.349. The predicted molar refractivity (Wildman–Crippen MR) is 56.7 cm³/mol. The summed E-state index contributed by atoms with van der Waals surface area (Å²) in [4.78, 5) is 21.2. The summed E-state index contributed by atoms with van der Waals surface area (Å²) in [6.07, 6.45) is -2.40. The molecule has 0 aromatic rings. The maximum absolute atomic E-state index is 11.6. The van der Waals surface area contributed by atoms with Crippen molar-refractivity contribution < 1.29 is 41.1 Å². The zero-order chi connectivity index (χ0) is 13.9. The second kappa shape index (κ2) is 5.61. The number of hydrogen-bond acceptors (Lipinski definition) is 9. The lowest BCUT2D eigenvalue weighted by molar-refractivity contribution is -0.00690. The fourth-order valence-electron chi connectivity index (χ4n) is 1.52. The lowest BCUT2D eigenvalue weighted by Gasteiger charge is -2.21. The summed E-state index contributed by atoms with van der Waals surface area (Å²) in [5.41, 5.74) is 0. The Bertz CT molecular complexity index is 446. The topological polar surface area (TPSA) is 114 Å². The van der Waals surface area contributed by atoms with Crippen LogP contribution in [0.4, 0.5) is 9.59 Å². The molecule has 0 spiro atoms. The monoisotopic (exact) mass is 296 g/mol. The van der Waals surface area contributed by atoms with Crippen molar-refractivity contribution in [3.05, 3.63) is 0 Å². The Hall–Kier alpha value is -1.55. The van der Waals surface area contributed by atoms with Gasteiger partial charge in [-0.25, -0.2) is 9.59 Å². The number of carbonyl (C=O) groups excluding carboxylic acids is 2. The molecule has 108 valence electrons. The van der Waals surface area contributed by atoms with Gasteiger partial charge in [-0.1, -0.05) is 0 Å². The Morgan fingerprint density at radius 1 is 1.05 bits per heavy atom. The van der Waals surface area contributed by atoms with E-state index in [4.69, 9.17) is 4.18 Å². The SMILES string of the molecule is O=C1OCC(CS(=O)(=O)OCC2COC(=O)O2)CO1. The average molecular weight is 296 g/mol. The van der Waals surface area contributed by atoms with Gasteiger partial charge in [0.25, 0.3) is 10.1 Å². The molecule has 0 saturated carbocycles. The molecule has 0 N–H and O–H groups in total. The van der Waals surface area contributed by atoms with Crippen LogP contribution in [0.3, 0.4) is 0 Å². The lowest BCUT2D eigenvalue weighted by Crippen LogP contribution is -2.33. The molecule has 0 amide bonds. The van der Waals surface area contributed by atoms with E-state index in [9.17, 15) is 18.0 Å². The normalized spacial score (nSPS) is 24.3. The van der Waals surface area contributed by atoms with Crippen molar-refractivity contribution in [2.75, 3.05) is 32.2 Å². The molecule has 2 saturated heterocycles.